The van der Waals surface area contributed by atoms with E-state index in [9.17, 15) is 9.59 Å². The van der Waals surface area contributed by atoms with E-state index in [1.54, 1.807) is 0 Å². The smallest absolute Gasteiger partial charge is 0.345 e. The summed E-state index contributed by atoms with van der Waals surface area (Å²) in [5, 5.41) is 2.86. The van der Waals surface area contributed by atoms with Crippen LogP contribution in [0.1, 0.15) is 63.8 Å². The Kier molecular flexibility index (Phi) is 3.83. The van der Waals surface area contributed by atoms with Gasteiger partial charge in [0.1, 0.15) is 5.75 Å². The molecule has 4 rings (SSSR count). The van der Waals surface area contributed by atoms with Gasteiger partial charge in [-0.25, -0.2) is 4.79 Å². The van der Waals surface area contributed by atoms with Gasteiger partial charge in [0.05, 0.1) is 11.1 Å². The van der Waals surface area contributed by atoms with E-state index in [0.29, 0.717) is 22.5 Å². The fourth-order valence-corrected chi connectivity index (χ4v) is 3.77. The van der Waals surface area contributed by atoms with Crippen molar-refractivity contribution in [2.75, 3.05) is 5.32 Å². The summed E-state index contributed by atoms with van der Waals surface area (Å²) < 4.78 is 5.74. The minimum atomic E-state index is -0.464. The molecule has 144 valence electrons. The molecule has 0 aromatic heterocycles. The van der Waals surface area contributed by atoms with Crippen LogP contribution in [0.5, 0.6) is 5.75 Å². The van der Waals surface area contributed by atoms with Crippen molar-refractivity contribution in [2.24, 2.45) is 0 Å². The van der Waals surface area contributed by atoms with Crippen LogP contribution in [0.15, 0.2) is 36.4 Å². The van der Waals surface area contributed by atoms with E-state index in [0.717, 1.165) is 22.4 Å². The molecule has 0 saturated carbocycles. The number of amides is 1. The van der Waals surface area contributed by atoms with Crippen LogP contribution in [0.3, 0.4) is 0 Å². The molecular formula is C24H25NO3. The van der Waals surface area contributed by atoms with Crippen LogP contribution in [-0.2, 0) is 20.4 Å². The van der Waals surface area contributed by atoms with Crippen LogP contribution < -0.4 is 10.1 Å². The highest BCUT2D eigenvalue weighted by atomic mass is 16.5. The van der Waals surface area contributed by atoms with Gasteiger partial charge in [-0.3, -0.25) is 4.79 Å². The first-order valence-electron chi connectivity index (χ1n) is 9.55. The van der Waals surface area contributed by atoms with E-state index < -0.39 is 5.97 Å². The lowest BCUT2D eigenvalue weighted by molar-refractivity contribution is -0.127. The van der Waals surface area contributed by atoms with Gasteiger partial charge in [0, 0.05) is 22.4 Å². The number of esters is 1. The number of carbonyl (C=O) groups is 2. The van der Waals surface area contributed by atoms with Crippen LogP contribution >= 0.6 is 0 Å². The highest BCUT2D eigenvalue weighted by Crippen LogP contribution is 2.48. The molecule has 0 saturated heterocycles. The van der Waals surface area contributed by atoms with Crippen molar-refractivity contribution < 1.29 is 14.3 Å². The maximum absolute atomic E-state index is 13.0. The van der Waals surface area contributed by atoms with Gasteiger partial charge in [-0.1, -0.05) is 65.8 Å². The molecule has 28 heavy (non-hydrogen) atoms. The molecule has 2 aromatic rings. The number of carbonyl (C=O) groups excluding carboxylic acids is 2. The molecule has 2 aromatic carbocycles. The number of benzene rings is 2. The first-order chi connectivity index (χ1) is 13.0. The first-order valence-corrected chi connectivity index (χ1v) is 9.55. The second-order valence-corrected chi connectivity index (χ2v) is 9.54. The molecule has 2 heterocycles. The molecule has 1 N–H and O–H groups in total. The minimum absolute atomic E-state index is 0.105. The Hall–Kier alpha value is -2.88. The molecule has 0 spiro atoms. The summed E-state index contributed by atoms with van der Waals surface area (Å²) in [4.78, 5) is 25.7. The van der Waals surface area contributed by atoms with Crippen molar-refractivity contribution >= 4 is 28.7 Å². The Morgan fingerprint density at radius 2 is 1.50 bits per heavy atom. The molecule has 1 amide bonds. The normalized spacial score (nSPS) is 18.6. The maximum Gasteiger partial charge on any atom is 0.345 e. The maximum atomic E-state index is 13.0. The summed E-state index contributed by atoms with van der Waals surface area (Å²) in [5.74, 6) is -0.155. The van der Waals surface area contributed by atoms with Crippen LogP contribution in [0, 0.1) is 0 Å². The number of hydrogen-bond acceptors (Lipinski definition) is 3. The molecule has 4 heteroatoms. The van der Waals surface area contributed by atoms with E-state index in [4.69, 9.17) is 4.74 Å². The van der Waals surface area contributed by atoms with Gasteiger partial charge in [0.15, 0.2) is 0 Å². The zero-order valence-corrected chi connectivity index (χ0v) is 17.2. The van der Waals surface area contributed by atoms with Gasteiger partial charge < -0.3 is 10.1 Å². The fourth-order valence-electron chi connectivity index (χ4n) is 3.77. The lowest BCUT2D eigenvalue weighted by Crippen LogP contribution is -2.17. The quantitative estimate of drug-likeness (QED) is 0.398. The number of anilines is 1. The minimum Gasteiger partial charge on any atom is -0.422 e. The topological polar surface area (TPSA) is 55.4 Å². The van der Waals surface area contributed by atoms with Gasteiger partial charge >= 0.3 is 5.97 Å². The van der Waals surface area contributed by atoms with Crippen molar-refractivity contribution in [1.29, 1.82) is 0 Å². The standard InChI is InChI=1S/C24H25NO3/c1-23(2,3)13-11-15-19(18-14-9-7-8-10-17(14)25-21(18)26)22(27)28-20(15)16(12-13)24(4,5)6/h7-12H,1-6H3,(H,25,26)/b19-18+. The van der Waals surface area contributed by atoms with E-state index in [1.807, 2.05) is 30.3 Å². The Bertz CT molecular complexity index is 1060. The van der Waals surface area contributed by atoms with Gasteiger partial charge in [0.25, 0.3) is 5.91 Å². The summed E-state index contributed by atoms with van der Waals surface area (Å²) in [5.41, 5.74) is 4.70. The van der Waals surface area contributed by atoms with Crippen LogP contribution in [0.2, 0.25) is 0 Å². The molecule has 4 nitrogen and oxygen atoms in total. The number of fused-ring (bicyclic) bond motifs is 2. The predicted molar refractivity (Wildman–Crippen MR) is 111 cm³/mol. The number of ether oxygens (including phenoxy) is 1. The summed E-state index contributed by atoms with van der Waals surface area (Å²) in [6.07, 6.45) is 0. The fraction of sp³-hybridized carbons (Fsp3) is 0.333. The number of hydrogen-bond donors (Lipinski definition) is 1. The average Bonchev–Trinajstić information content (AvgIpc) is 3.07. The first kappa shape index (κ1) is 18.5. The van der Waals surface area contributed by atoms with Crippen molar-refractivity contribution in [1.82, 2.24) is 0 Å². The SMILES string of the molecule is CC(C)(C)c1cc2c(c(C(C)(C)C)c1)OC(=O)/C2=C1/C(=O)Nc2ccccc21. The number of nitrogens with one attached hydrogen (secondary N) is 1. The van der Waals surface area contributed by atoms with Gasteiger partial charge in [-0.05, 0) is 28.5 Å². The molecule has 2 aliphatic heterocycles. The molecule has 0 radical (unpaired) electrons. The Balaban J connectivity index is 2.07. The van der Waals surface area contributed by atoms with Crippen LogP contribution in [-0.4, -0.2) is 11.9 Å². The van der Waals surface area contributed by atoms with E-state index in [2.05, 4.69) is 52.9 Å². The number of rotatable bonds is 0. The average molecular weight is 375 g/mol. The van der Waals surface area contributed by atoms with Gasteiger partial charge in [-0.2, -0.15) is 0 Å². The zero-order valence-electron chi connectivity index (χ0n) is 17.2. The van der Waals surface area contributed by atoms with Gasteiger partial charge in [-0.15, -0.1) is 0 Å². The third-order valence-corrected chi connectivity index (χ3v) is 5.35. The Morgan fingerprint density at radius 1 is 0.821 bits per heavy atom. The molecule has 2 aliphatic rings. The Labute approximate surface area is 165 Å². The summed E-state index contributed by atoms with van der Waals surface area (Å²) in [7, 11) is 0. The van der Waals surface area contributed by atoms with E-state index in [1.165, 1.54) is 0 Å². The lowest BCUT2D eigenvalue weighted by atomic mass is 9.78. The molecule has 0 unspecified atom stereocenters. The molecule has 0 aliphatic carbocycles. The highest BCUT2D eigenvalue weighted by molar-refractivity contribution is 6.45. The van der Waals surface area contributed by atoms with Crippen LogP contribution in [0.4, 0.5) is 5.69 Å². The summed E-state index contributed by atoms with van der Waals surface area (Å²) >= 11 is 0. The largest absolute Gasteiger partial charge is 0.422 e. The summed E-state index contributed by atoms with van der Waals surface area (Å²) in [6, 6.07) is 11.6. The zero-order chi connectivity index (χ0) is 20.4. The van der Waals surface area contributed by atoms with Crippen molar-refractivity contribution in [3.63, 3.8) is 0 Å². The predicted octanol–water partition coefficient (Wildman–Crippen LogP) is 5.06. The Morgan fingerprint density at radius 3 is 2.14 bits per heavy atom. The molecule has 0 fully saturated rings. The van der Waals surface area contributed by atoms with Gasteiger partial charge in [0.2, 0.25) is 0 Å². The van der Waals surface area contributed by atoms with Crippen LogP contribution in [0.25, 0.3) is 11.1 Å². The second-order valence-electron chi connectivity index (χ2n) is 9.54. The van der Waals surface area contributed by atoms with E-state index in [-0.39, 0.29) is 16.7 Å². The van der Waals surface area contributed by atoms with Crippen molar-refractivity contribution in [3.05, 3.63) is 58.7 Å². The molecule has 0 bridgehead atoms. The number of para-hydroxylation sites is 1. The van der Waals surface area contributed by atoms with E-state index >= 15 is 0 Å². The third kappa shape index (κ3) is 2.75. The second kappa shape index (κ2) is 5.81. The lowest BCUT2D eigenvalue weighted by Gasteiger charge is -2.26. The van der Waals surface area contributed by atoms with Crippen molar-refractivity contribution in [2.45, 2.75) is 52.4 Å². The molecule has 0 atom stereocenters. The summed E-state index contributed by atoms with van der Waals surface area (Å²) in [6.45, 7) is 12.7. The monoisotopic (exact) mass is 375 g/mol. The highest BCUT2D eigenvalue weighted by Gasteiger charge is 2.40. The molecular weight excluding hydrogens is 350 g/mol. The third-order valence-electron chi connectivity index (χ3n) is 5.35. The van der Waals surface area contributed by atoms with Crippen molar-refractivity contribution in [3.8, 4) is 5.75 Å².